The fourth-order valence-electron chi connectivity index (χ4n) is 8.08. The number of hydrogen-bond acceptors (Lipinski definition) is 10. The van der Waals surface area contributed by atoms with E-state index in [1.807, 2.05) is 77.9 Å². The number of primary amides is 2. The van der Waals surface area contributed by atoms with Gasteiger partial charge in [-0.1, -0.05) is 35.4 Å². The van der Waals surface area contributed by atoms with Crippen molar-refractivity contribution in [3.05, 3.63) is 154 Å². The minimum atomic E-state index is -3.82. The molecule has 8 aromatic rings. The molecule has 324 valence electrons. The Bertz CT molecular complexity index is 3260. The molecule has 20 heteroatoms. The number of hydrogen-bond donors (Lipinski definition) is 4. The highest BCUT2D eigenvalue weighted by Crippen LogP contribution is 2.39. The van der Waals surface area contributed by atoms with Crippen molar-refractivity contribution in [2.24, 2.45) is 21.7 Å². The van der Waals surface area contributed by atoms with Gasteiger partial charge in [-0.3, -0.25) is 9.59 Å². The zero-order valence-electron chi connectivity index (χ0n) is 34.4. The van der Waals surface area contributed by atoms with E-state index in [9.17, 15) is 26.4 Å². The summed E-state index contributed by atoms with van der Waals surface area (Å²) in [5.74, 6) is -1.23. The second-order valence-corrected chi connectivity index (χ2v) is 18.6. The molecule has 0 bridgehead atoms. The van der Waals surface area contributed by atoms with Crippen LogP contribution in [0, 0.1) is 13.8 Å². The van der Waals surface area contributed by atoms with Crippen molar-refractivity contribution in [1.82, 2.24) is 39.1 Å². The third kappa shape index (κ3) is 7.57. The van der Waals surface area contributed by atoms with E-state index in [1.54, 1.807) is 39.8 Å². The van der Waals surface area contributed by atoms with E-state index in [0.717, 1.165) is 67.5 Å². The lowest BCUT2D eigenvalue weighted by Gasteiger charge is -2.17. The number of aryl methyl sites for hydroxylation is 3. The number of carbonyl (C=O) groups excluding carboxylic acids is 2. The van der Waals surface area contributed by atoms with Crippen LogP contribution in [0.15, 0.2) is 119 Å². The molecule has 10 rings (SSSR count). The molecule has 0 radical (unpaired) electrons. The van der Waals surface area contributed by atoms with Crippen LogP contribution in [-0.4, -0.2) is 67.8 Å². The van der Waals surface area contributed by atoms with Crippen LogP contribution in [0.5, 0.6) is 0 Å². The van der Waals surface area contributed by atoms with E-state index < -0.39 is 31.9 Å². The Labute approximate surface area is 366 Å². The number of rotatable bonds is 8. The van der Waals surface area contributed by atoms with Gasteiger partial charge in [-0.25, -0.2) is 45.8 Å². The first-order valence-corrected chi connectivity index (χ1v) is 23.0. The van der Waals surface area contributed by atoms with E-state index in [1.165, 1.54) is 24.3 Å². The van der Waals surface area contributed by atoms with Crippen LogP contribution in [0.4, 0.5) is 0 Å². The van der Waals surface area contributed by atoms with Crippen molar-refractivity contribution in [2.45, 2.75) is 49.3 Å². The number of benzene rings is 4. The van der Waals surface area contributed by atoms with E-state index >= 15 is 0 Å². The average Bonchev–Trinajstić information content (AvgIpc) is 4.06. The third-order valence-electron chi connectivity index (χ3n) is 11.2. The maximum absolute atomic E-state index is 12.1. The Hall–Kier alpha value is -7.52. The Morgan fingerprint density at radius 3 is 1.42 bits per heavy atom. The lowest BCUT2D eigenvalue weighted by molar-refractivity contribution is 0.0986. The fraction of sp³-hybridized carbons (Fsp3) is 0.136. The van der Waals surface area contributed by atoms with Gasteiger partial charge in [0.15, 0.2) is 11.4 Å². The van der Waals surface area contributed by atoms with Crippen LogP contribution in [0.1, 0.15) is 54.6 Å². The molecule has 0 saturated carbocycles. The zero-order valence-corrected chi connectivity index (χ0v) is 36.0. The summed E-state index contributed by atoms with van der Waals surface area (Å²) in [6.07, 6.45) is 6.15. The van der Waals surface area contributed by atoms with Crippen LogP contribution in [-0.2, 0) is 45.7 Å². The predicted molar refractivity (Wildman–Crippen MR) is 236 cm³/mol. The molecule has 2 aliphatic rings. The number of fused-ring (bicyclic) bond motifs is 6. The van der Waals surface area contributed by atoms with Gasteiger partial charge in [0.1, 0.15) is 0 Å². The SMILES string of the molecule is Cc1ccc(-n2cc3c(n2)CCc2c(C(N)=O)nn(-c4ccc(S(N)(=O)=O)cc4)c2-3)cc1.Cc1ccc(-n2ncc3c2CCc2c(C(N)=O)nn(-c4ccc(S(N)(=O)=O)cc4)c2-3)cc1. The van der Waals surface area contributed by atoms with Crippen LogP contribution in [0.3, 0.4) is 0 Å². The van der Waals surface area contributed by atoms with Crippen molar-refractivity contribution in [3.8, 4) is 45.3 Å². The molecular weight excluding hydrogens is 857 g/mol. The zero-order chi connectivity index (χ0) is 45.2. The van der Waals surface area contributed by atoms with Gasteiger partial charge in [0.25, 0.3) is 11.8 Å². The highest BCUT2D eigenvalue weighted by molar-refractivity contribution is 7.89. The van der Waals surface area contributed by atoms with Crippen molar-refractivity contribution in [2.75, 3.05) is 0 Å². The summed E-state index contributed by atoms with van der Waals surface area (Å²) in [7, 11) is -7.65. The first-order valence-electron chi connectivity index (χ1n) is 19.9. The number of carbonyl (C=O) groups is 2. The lowest BCUT2D eigenvalue weighted by Crippen LogP contribution is -2.16. The molecule has 0 aliphatic heterocycles. The van der Waals surface area contributed by atoms with E-state index in [-0.39, 0.29) is 21.2 Å². The van der Waals surface area contributed by atoms with Gasteiger partial charge in [-0.15, -0.1) is 0 Å². The Morgan fingerprint density at radius 2 is 0.953 bits per heavy atom. The molecule has 4 aromatic heterocycles. The average molecular weight is 897 g/mol. The smallest absolute Gasteiger partial charge is 0.269 e. The standard InChI is InChI=1S/2C22H20N6O3S/c1-13-2-4-14(5-3-13)27-12-18-19(25-27)11-10-17-20(22(23)29)26-28(21(17)18)15-6-8-16(9-7-15)32(24,30)31;1-13-2-4-14(5-3-13)27-19-11-10-17-20(22(23)29)26-28(21(17)18(19)12-25-27)15-6-8-16(9-7-15)32(24,30)31/h2*2-9,12H,10-11H2,1H3,(H2,23,29)(H2,24,30,31). The first-order chi connectivity index (χ1) is 30.5. The monoisotopic (exact) mass is 896 g/mol. The molecule has 4 aromatic carbocycles. The van der Waals surface area contributed by atoms with Gasteiger partial charge in [0.05, 0.1) is 61.5 Å². The number of primary sulfonamides is 2. The minimum Gasteiger partial charge on any atom is -0.364 e. The molecule has 4 heterocycles. The van der Waals surface area contributed by atoms with E-state index in [2.05, 4.69) is 15.3 Å². The molecule has 0 unspecified atom stereocenters. The fourth-order valence-corrected chi connectivity index (χ4v) is 9.11. The molecule has 18 nitrogen and oxygen atoms in total. The van der Waals surface area contributed by atoms with Crippen molar-refractivity contribution in [3.63, 3.8) is 0 Å². The van der Waals surface area contributed by atoms with E-state index in [4.69, 9.17) is 26.8 Å². The van der Waals surface area contributed by atoms with Gasteiger partial charge in [-0.2, -0.15) is 20.4 Å². The number of amides is 2. The largest absolute Gasteiger partial charge is 0.364 e. The molecule has 0 fully saturated rings. The summed E-state index contributed by atoms with van der Waals surface area (Å²) < 4.78 is 53.4. The summed E-state index contributed by atoms with van der Waals surface area (Å²) >= 11 is 0. The molecule has 0 atom stereocenters. The van der Waals surface area contributed by atoms with Gasteiger partial charge in [0.2, 0.25) is 20.0 Å². The predicted octanol–water partition coefficient (Wildman–Crippen LogP) is 3.76. The second-order valence-electron chi connectivity index (χ2n) is 15.5. The normalized spacial score (nSPS) is 12.9. The van der Waals surface area contributed by atoms with Crippen LogP contribution in [0.2, 0.25) is 0 Å². The molecule has 2 amide bonds. The molecular formula is C44H40N12O6S2. The summed E-state index contributed by atoms with van der Waals surface area (Å²) in [4.78, 5) is 24.2. The van der Waals surface area contributed by atoms with E-state index in [0.29, 0.717) is 37.1 Å². The highest BCUT2D eigenvalue weighted by atomic mass is 32.2. The molecule has 0 spiro atoms. The number of nitrogens with two attached hydrogens (primary N) is 4. The minimum absolute atomic E-state index is 0.00900. The van der Waals surface area contributed by atoms with Crippen molar-refractivity contribution in [1.29, 1.82) is 0 Å². The summed E-state index contributed by atoms with van der Waals surface area (Å²) in [6.45, 7) is 4.05. The van der Waals surface area contributed by atoms with Gasteiger partial charge in [0, 0.05) is 28.5 Å². The maximum Gasteiger partial charge on any atom is 0.269 e. The van der Waals surface area contributed by atoms with Crippen LogP contribution < -0.4 is 21.7 Å². The van der Waals surface area contributed by atoms with Crippen LogP contribution in [0.25, 0.3) is 45.3 Å². The number of aromatic nitrogens is 8. The first kappa shape index (κ1) is 41.8. The van der Waals surface area contributed by atoms with Gasteiger partial charge < -0.3 is 11.5 Å². The Morgan fingerprint density at radius 1 is 0.531 bits per heavy atom. The third-order valence-corrected chi connectivity index (χ3v) is 13.1. The lowest BCUT2D eigenvalue weighted by atomic mass is 9.93. The topological polar surface area (TPSA) is 278 Å². The summed E-state index contributed by atoms with van der Waals surface area (Å²) in [6, 6.07) is 28.1. The second kappa shape index (κ2) is 15.7. The molecule has 8 N–H and O–H groups in total. The quantitative estimate of drug-likeness (QED) is 0.171. The van der Waals surface area contributed by atoms with Crippen LogP contribution >= 0.6 is 0 Å². The summed E-state index contributed by atoms with van der Waals surface area (Å²) in [5, 5.41) is 28.7. The molecule has 2 aliphatic carbocycles. The highest BCUT2D eigenvalue weighted by Gasteiger charge is 2.32. The van der Waals surface area contributed by atoms with Gasteiger partial charge in [-0.05, 0) is 112 Å². The Kier molecular flexibility index (Phi) is 10.2. The van der Waals surface area contributed by atoms with Crippen molar-refractivity contribution >= 4 is 31.9 Å². The Balaban J connectivity index is 0.000000162. The van der Waals surface area contributed by atoms with Crippen molar-refractivity contribution < 1.29 is 26.4 Å². The summed E-state index contributed by atoms with van der Waals surface area (Å²) in [5.41, 5.74) is 23.5. The molecule has 64 heavy (non-hydrogen) atoms. The van der Waals surface area contributed by atoms with Gasteiger partial charge >= 0.3 is 0 Å². The maximum atomic E-state index is 12.1. The number of sulfonamides is 2. The molecule has 0 saturated heterocycles. The number of nitrogens with zero attached hydrogens (tertiary/aromatic N) is 8.